The van der Waals surface area contributed by atoms with E-state index in [0.29, 0.717) is 18.7 Å². The molecule has 0 aliphatic carbocycles. The van der Waals surface area contributed by atoms with Crippen LogP contribution < -0.4 is 5.32 Å². The second-order valence-corrected chi connectivity index (χ2v) is 7.96. The fraction of sp³-hybridized carbons (Fsp3) is 0.625. The number of nitrogens with one attached hydrogen (secondary N) is 1. The summed E-state index contributed by atoms with van der Waals surface area (Å²) in [7, 11) is -0.553. The summed E-state index contributed by atoms with van der Waals surface area (Å²) in [5.74, 6) is 0. The van der Waals surface area contributed by atoms with Crippen molar-refractivity contribution in [2.24, 2.45) is 0 Å². The molecule has 1 N–H and O–H groups in total. The monoisotopic (exact) mass is 366 g/mol. The summed E-state index contributed by atoms with van der Waals surface area (Å²) in [6.45, 7) is 0.583. The van der Waals surface area contributed by atoms with Crippen LogP contribution in [0.2, 0.25) is 0 Å². The van der Waals surface area contributed by atoms with Gasteiger partial charge in [-0.15, -0.1) is 0 Å². The van der Waals surface area contributed by atoms with Crippen molar-refractivity contribution in [2.45, 2.75) is 49.6 Å². The molecule has 0 aromatic heterocycles. The molecule has 0 saturated heterocycles. The number of alkyl halides is 3. The van der Waals surface area contributed by atoms with Crippen molar-refractivity contribution in [1.29, 1.82) is 0 Å². The van der Waals surface area contributed by atoms with Crippen LogP contribution in [0.25, 0.3) is 0 Å². The number of rotatable bonds is 10. The highest BCUT2D eigenvalue weighted by molar-refractivity contribution is 7.89. The van der Waals surface area contributed by atoms with Gasteiger partial charge in [-0.1, -0.05) is 31.4 Å². The summed E-state index contributed by atoms with van der Waals surface area (Å²) in [6.07, 6.45) is -1.72. The molecule has 0 bridgehead atoms. The Bertz CT molecular complexity index is 602. The van der Waals surface area contributed by atoms with Gasteiger partial charge in [-0.25, -0.2) is 12.7 Å². The first-order chi connectivity index (χ1) is 11.1. The third-order valence-corrected chi connectivity index (χ3v) is 5.47. The second kappa shape index (κ2) is 9.27. The minimum Gasteiger partial charge on any atom is -0.384 e. The van der Waals surface area contributed by atoms with E-state index in [1.54, 1.807) is 24.3 Å². The summed E-state index contributed by atoms with van der Waals surface area (Å²) in [6, 6.07) is 6.69. The molecule has 0 amide bonds. The summed E-state index contributed by atoms with van der Waals surface area (Å²) in [5, 5.41) is 3.10. The number of benzene rings is 1. The molecule has 8 heteroatoms. The number of unbranched alkanes of at least 4 members (excludes halogenated alkanes) is 4. The van der Waals surface area contributed by atoms with Crippen LogP contribution in [0.3, 0.4) is 0 Å². The number of anilines is 1. The quantitative estimate of drug-likeness (QED) is 0.630. The van der Waals surface area contributed by atoms with Gasteiger partial charge < -0.3 is 5.32 Å². The van der Waals surface area contributed by atoms with Gasteiger partial charge in [0.1, 0.15) is 4.90 Å². The van der Waals surface area contributed by atoms with Gasteiger partial charge in [0.2, 0.25) is 10.0 Å². The third-order valence-electron chi connectivity index (χ3n) is 3.60. The average Bonchev–Trinajstić information content (AvgIpc) is 2.49. The van der Waals surface area contributed by atoms with E-state index in [2.05, 4.69) is 5.32 Å². The number of halogens is 3. The topological polar surface area (TPSA) is 49.4 Å². The van der Waals surface area contributed by atoms with E-state index in [1.807, 2.05) is 0 Å². The number of hydrogen-bond donors (Lipinski definition) is 1. The second-order valence-electron chi connectivity index (χ2n) is 5.84. The normalized spacial score (nSPS) is 12.6. The molecule has 0 radical (unpaired) electrons. The molecule has 0 aliphatic heterocycles. The molecule has 0 aliphatic rings. The van der Waals surface area contributed by atoms with Crippen LogP contribution in [0.15, 0.2) is 29.2 Å². The maximum atomic E-state index is 12.2. The highest BCUT2D eigenvalue weighted by Gasteiger charge is 2.25. The van der Waals surface area contributed by atoms with E-state index < -0.39 is 22.6 Å². The number of sulfonamides is 1. The molecule has 0 saturated carbocycles. The van der Waals surface area contributed by atoms with Crippen LogP contribution in [-0.2, 0) is 10.0 Å². The molecule has 0 unspecified atom stereocenters. The van der Waals surface area contributed by atoms with E-state index in [0.717, 1.165) is 23.6 Å². The first kappa shape index (κ1) is 20.8. The molecule has 24 heavy (non-hydrogen) atoms. The number of para-hydroxylation sites is 1. The fourth-order valence-corrected chi connectivity index (χ4v) is 3.30. The molecule has 1 aromatic rings. The first-order valence-corrected chi connectivity index (χ1v) is 9.41. The van der Waals surface area contributed by atoms with Crippen molar-refractivity contribution < 1.29 is 21.6 Å². The lowest BCUT2D eigenvalue weighted by atomic mass is 10.1. The average molecular weight is 366 g/mol. The lowest BCUT2D eigenvalue weighted by Gasteiger charge is -2.16. The molecule has 4 nitrogen and oxygen atoms in total. The predicted molar refractivity (Wildman–Crippen MR) is 89.6 cm³/mol. The largest absolute Gasteiger partial charge is 0.389 e. The van der Waals surface area contributed by atoms with Crippen molar-refractivity contribution >= 4 is 15.7 Å². The Balaban J connectivity index is 2.37. The van der Waals surface area contributed by atoms with Crippen LogP contribution in [-0.4, -0.2) is 39.5 Å². The van der Waals surface area contributed by atoms with Crippen molar-refractivity contribution in [2.75, 3.05) is 26.0 Å². The van der Waals surface area contributed by atoms with E-state index in [9.17, 15) is 21.6 Å². The molecular weight excluding hydrogens is 341 g/mol. The predicted octanol–water partition coefficient (Wildman–Crippen LogP) is 4.25. The summed E-state index contributed by atoms with van der Waals surface area (Å²) in [4.78, 5) is 0.222. The highest BCUT2D eigenvalue weighted by Crippen LogP contribution is 2.24. The van der Waals surface area contributed by atoms with Gasteiger partial charge in [-0.05, 0) is 25.0 Å². The van der Waals surface area contributed by atoms with Gasteiger partial charge in [0.15, 0.2) is 0 Å². The molecule has 1 rings (SSSR count). The van der Waals surface area contributed by atoms with E-state index in [4.69, 9.17) is 0 Å². The third kappa shape index (κ3) is 7.09. The lowest BCUT2D eigenvalue weighted by Crippen LogP contribution is -2.23. The lowest BCUT2D eigenvalue weighted by molar-refractivity contribution is -0.135. The van der Waals surface area contributed by atoms with Gasteiger partial charge in [-0.3, -0.25) is 0 Å². The molecule has 0 heterocycles. The van der Waals surface area contributed by atoms with Crippen LogP contribution in [0, 0.1) is 0 Å². The maximum Gasteiger partial charge on any atom is 0.389 e. The Morgan fingerprint density at radius 2 is 1.58 bits per heavy atom. The van der Waals surface area contributed by atoms with E-state index >= 15 is 0 Å². The fourth-order valence-electron chi connectivity index (χ4n) is 2.24. The molecule has 0 fully saturated rings. The Labute approximate surface area is 142 Å². The van der Waals surface area contributed by atoms with Crippen LogP contribution >= 0.6 is 0 Å². The van der Waals surface area contributed by atoms with Crippen LogP contribution in [0.1, 0.15) is 38.5 Å². The highest BCUT2D eigenvalue weighted by atomic mass is 32.2. The summed E-state index contributed by atoms with van der Waals surface area (Å²) < 4.78 is 61.6. The molecule has 0 spiro atoms. The zero-order chi connectivity index (χ0) is 18.2. The molecular formula is C16H25F3N2O2S. The minimum atomic E-state index is -4.07. The zero-order valence-corrected chi connectivity index (χ0v) is 14.9. The maximum absolute atomic E-state index is 12.2. The van der Waals surface area contributed by atoms with Crippen molar-refractivity contribution in [1.82, 2.24) is 4.31 Å². The van der Waals surface area contributed by atoms with Gasteiger partial charge >= 0.3 is 6.18 Å². The minimum absolute atomic E-state index is 0.168. The Morgan fingerprint density at radius 3 is 2.21 bits per heavy atom. The smallest absolute Gasteiger partial charge is 0.384 e. The van der Waals surface area contributed by atoms with E-state index in [1.165, 1.54) is 14.1 Å². The standard InChI is InChI=1S/C16H25F3N2O2S/c1-21(2)24(22,23)15-11-7-6-10-14(15)20-13-9-5-3-4-8-12-16(17,18)19/h6-7,10-11,20H,3-5,8-9,12-13H2,1-2H3. The number of hydrogen-bond acceptors (Lipinski definition) is 3. The zero-order valence-electron chi connectivity index (χ0n) is 14.1. The summed E-state index contributed by atoms with van der Waals surface area (Å²) >= 11 is 0. The molecule has 0 atom stereocenters. The van der Waals surface area contributed by atoms with Gasteiger partial charge in [0.25, 0.3) is 0 Å². The van der Waals surface area contributed by atoms with Gasteiger partial charge in [0, 0.05) is 27.1 Å². The van der Waals surface area contributed by atoms with Crippen molar-refractivity contribution in [3.63, 3.8) is 0 Å². The number of nitrogens with zero attached hydrogens (tertiary/aromatic N) is 1. The van der Waals surface area contributed by atoms with E-state index in [-0.39, 0.29) is 11.3 Å². The van der Waals surface area contributed by atoms with Gasteiger partial charge in [-0.2, -0.15) is 13.2 Å². The summed E-state index contributed by atoms with van der Waals surface area (Å²) in [5.41, 5.74) is 0.545. The van der Waals surface area contributed by atoms with Crippen LogP contribution in [0.4, 0.5) is 18.9 Å². The molecule has 138 valence electrons. The van der Waals surface area contributed by atoms with Gasteiger partial charge in [0.05, 0.1) is 5.69 Å². The van der Waals surface area contributed by atoms with Crippen molar-refractivity contribution in [3.8, 4) is 0 Å². The van der Waals surface area contributed by atoms with Crippen LogP contribution in [0.5, 0.6) is 0 Å². The first-order valence-electron chi connectivity index (χ1n) is 7.97. The van der Waals surface area contributed by atoms with Crippen molar-refractivity contribution in [3.05, 3.63) is 24.3 Å². The Hall–Kier alpha value is -1.28. The molecule has 1 aromatic carbocycles. The SMILES string of the molecule is CN(C)S(=O)(=O)c1ccccc1NCCCCCCCC(F)(F)F. The Morgan fingerprint density at radius 1 is 1.00 bits per heavy atom. The Kier molecular flexibility index (Phi) is 8.02.